The summed E-state index contributed by atoms with van der Waals surface area (Å²) in [7, 11) is 0. The van der Waals surface area contributed by atoms with Crippen LogP contribution in [-0.4, -0.2) is 54.2 Å². The number of ether oxygens (including phenoxy) is 4. The summed E-state index contributed by atoms with van der Waals surface area (Å²) in [6.45, 7) is 5.50. The van der Waals surface area contributed by atoms with E-state index in [1.54, 1.807) is 72.8 Å². The highest BCUT2D eigenvalue weighted by Crippen LogP contribution is 2.27. The predicted octanol–water partition coefficient (Wildman–Crippen LogP) is 4.33. The molecule has 3 aromatic rings. The van der Waals surface area contributed by atoms with Crippen molar-refractivity contribution in [2.75, 3.05) is 6.61 Å². The number of hydrogen-bond acceptors (Lipinski definition) is 8. The topological polar surface area (TPSA) is 108 Å². The smallest absolute Gasteiger partial charge is 0.338 e. The van der Waals surface area contributed by atoms with Gasteiger partial charge in [0, 0.05) is 6.42 Å². The molecule has 0 unspecified atom stereocenters. The molecule has 0 spiro atoms. The molecule has 0 bridgehead atoms. The minimum Gasteiger partial charge on any atom is -0.459 e. The van der Waals surface area contributed by atoms with Gasteiger partial charge in [0.2, 0.25) is 0 Å². The zero-order chi connectivity index (χ0) is 27.2. The summed E-state index contributed by atoms with van der Waals surface area (Å²) in [5.74, 6) is -1.89. The normalized spacial score (nSPS) is 20.8. The number of aliphatic hydroxyl groups is 1. The molecule has 0 saturated carbocycles. The van der Waals surface area contributed by atoms with E-state index in [1.165, 1.54) is 0 Å². The summed E-state index contributed by atoms with van der Waals surface area (Å²) in [6.07, 6.45) is -4.73. The third-order valence-corrected chi connectivity index (χ3v) is 6.24. The first-order valence-electron chi connectivity index (χ1n) is 12.3. The molecule has 1 heterocycles. The molecule has 1 fully saturated rings. The van der Waals surface area contributed by atoms with Crippen molar-refractivity contribution < 1.29 is 38.4 Å². The standard InChI is InChI=1S/C30H30O8/c1-18-4-10-21(11-5-18)27(31)35-17-24-16-25(37-28(32)22-12-6-19(2)7-13-22)26(30(34)36-24)38-29(33)23-14-8-20(3)9-15-23/h4-15,24-26,30,34H,16-17H2,1-3H3/t24-,25-,26+,30+/m0/s1. The Morgan fingerprint density at radius 3 is 1.61 bits per heavy atom. The van der Waals surface area contributed by atoms with Crippen LogP contribution in [0.1, 0.15) is 54.2 Å². The van der Waals surface area contributed by atoms with Crippen molar-refractivity contribution >= 4 is 17.9 Å². The third kappa shape index (κ3) is 6.85. The minimum atomic E-state index is -1.61. The zero-order valence-corrected chi connectivity index (χ0v) is 21.5. The van der Waals surface area contributed by atoms with Gasteiger partial charge in [-0.2, -0.15) is 0 Å². The van der Waals surface area contributed by atoms with Gasteiger partial charge in [0.25, 0.3) is 0 Å². The average molecular weight is 519 g/mol. The molecular weight excluding hydrogens is 488 g/mol. The molecule has 0 aromatic heterocycles. The van der Waals surface area contributed by atoms with E-state index in [0.29, 0.717) is 11.1 Å². The Kier molecular flexibility index (Phi) is 8.55. The van der Waals surface area contributed by atoms with Crippen molar-refractivity contribution in [2.24, 2.45) is 0 Å². The molecule has 1 aliphatic heterocycles. The highest BCUT2D eigenvalue weighted by atomic mass is 16.7. The van der Waals surface area contributed by atoms with Crippen molar-refractivity contribution in [3.05, 3.63) is 106 Å². The molecule has 8 heteroatoms. The number of hydrogen-bond donors (Lipinski definition) is 1. The number of aliphatic hydroxyl groups excluding tert-OH is 1. The fraction of sp³-hybridized carbons (Fsp3) is 0.300. The van der Waals surface area contributed by atoms with E-state index < -0.39 is 42.5 Å². The van der Waals surface area contributed by atoms with Crippen LogP contribution in [0.25, 0.3) is 0 Å². The molecule has 1 saturated heterocycles. The van der Waals surface area contributed by atoms with Gasteiger partial charge in [0.1, 0.15) is 12.7 Å². The second kappa shape index (κ2) is 12.0. The van der Waals surface area contributed by atoms with Crippen LogP contribution in [0.5, 0.6) is 0 Å². The maximum Gasteiger partial charge on any atom is 0.338 e. The Morgan fingerprint density at radius 1 is 0.711 bits per heavy atom. The number of carbonyl (C=O) groups excluding carboxylic acids is 3. The molecule has 0 aliphatic carbocycles. The van der Waals surface area contributed by atoms with Crippen LogP contribution in [0.2, 0.25) is 0 Å². The lowest BCUT2D eigenvalue weighted by molar-refractivity contribution is -0.251. The van der Waals surface area contributed by atoms with Crippen LogP contribution in [0, 0.1) is 20.8 Å². The molecule has 1 N–H and O–H groups in total. The summed E-state index contributed by atoms with van der Waals surface area (Å²) < 4.78 is 22.2. The fourth-order valence-corrected chi connectivity index (χ4v) is 3.98. The van der Waals surface area contributed by atoms with Crippen molar-refractivity contribution in [1.29, 1.82) is 0 Å². The second-order valence-electron chi connectivity index (χ2n) is 9.39. The third-order valence-electron chi connectivity index (χ3n) is 6.24. The molecule has 0 amide bonds. The Bertz CT molecular complexity index is 1270. The summed E-state index contributed by atoms with van der Waals surface area (Å²) in [4.78, 5) is 38.1. The van der Waals surface area contributed by atoms with Crippen LogP contribution in [0.3, 0.4) is 0 Å². The Labute approximate surface area is 221 Å². The van der Waals surface area contributed by atoms with Gasteiger partial charge in [0.05, 0.1) is 22.8 Å². The molecule has 1 aliphatic rings. The van der Waals surface area contributed by atoms with E-state index in [-0.39, 0.29) is 18.6 Å². The van der Waals surface area contributed by atoms with Gasteiger partial charge in [-0.3, -0.25) is 0 Å². The zero-order valence-electron chi connectivity index (χ0n) is 21.5. The summed E-state index contributed by atoms with van der Waals surface area (Å²) in [5, 5.41) is 10.8. The van der Waals surface area contributed by atoms with Crippen molar-refractivity contribution in [1.82, 2.24) is 0 Å². The summed E-state index contributed by atoms with van der Waals surface area (Å²) in [6, 6.07) is 20.4. The lowest BCUT2D eigenvalue weighted by atomic mass is 10.0. The summed E-state index contributed by atoms with van der Waals surface area (Å²) in [5.41, 5.74) is 3.91. The van der Waals surface area contributed by atoms with Crippen LogP contribution in [-0.2, 0) is 18.9 Å². The van der Waals surface area contributed by atoms with E-state index in [9.17, 15) is 19.5 Å². The minimum absolute atomic E-state index is 0.0294. The Morgan fingerprint density at radius 2 is 1.13 bits per heavy atom. The molecule has 4 rings (SSSR count). The largest absolute Gasteiger partial charge is 0.459 e. The maximum atomic E-state index is 12.9. The monoisotopic (exact) mass is 518 g/mol. The van der Waals surface area contributed by atoms with Crippen LogP contribution in [0.4, 0.5) is 0 Å². The fourth-order valence-electron chi connectivity index (χ4n) is 3.98. The molecule has 0 radical (unpaired) electrons. The number of aryl methyl sites for hydroxylation is 3. The number of esters is 3. The van der Waals surface area contributed by atoms with Crippen LogP contribution < -0.4 is 0 Å². The van der Waals surface area contributed by atoms with Crippen molar-refractivity contribution in [2.45, 2.75) is 51.8 Å². The van der Waals surface area contributed by atoms with Gasteiger partial charge >= 0.3 is 17.9 Å². The first-order chi connectivity index (χ1) is 18.2. The van der Waals surface area contributed by atoms with E-state index in [4.69, 9.17) is 18.9 Å². The van der Waals surface area contributed by atoms with Gasteiger partial charge in [0.15, 0.2) is 12.4 Å². The molecule has 198 valence electrons. The van der Waals surface area contributed by atoms with Gasteiger partial charge in [-0.25, -0.2) is 14.4 Å². The molecule has 8 nitrogen and oxygen atoms in total. The van der Waals surface area contributed by atoms with Gasteiger partial charge in [-0.15, -0.1) is 0 Å². The quantitative estimate of drug-likeness (QED) is 0.364. The van der Waals surface area contributed by atoms with Crippen molar-refractivity contribution in [3.63, 3.8) is 0 Å². The SMILES string of the molecule is Cc1ccc(C(=O)OC[C@@H]2C[C@H](OC(=O)c3ccc(C)cc3)[C@@H](OC(=O)c3ccc(C)cc3)[C@H](O)O2)cc1. The first-order valence-corrected chi connectivity index (χ1v) is 12.3. The van der Waals surface area contributed by atoms with Crippen LogP contribution in [0.15, 0.2) is 72.8 Å². The average Bonchev–Trinajstić information content (AvgIpc) is 2.90. The Balaban J connectivity index is 1.47. The van der Waals surface area contributed by atoms with Gasteiger partial charge < -0.3 is 24.1 Å². The molecular formula is C30H30O8. The Hall–Kier alpha value is -4.01. The van der Waals surface area contributed by atoms with Gasteiger partial charge in [-0.1, -0.05) is 53.1 Å². The molecule has 4 atom stereocenters. The predicted molar refractivity (Wildman–Crippen MR) is 138 cm³/mol. The van der Waals surface area contributed by atoms with Crippen LogP contribution >= 0.6 is 0 Å². The maximum absolute atomic E-state index is 12.9. The number of benzene rings is 3. The number of rotatable bonds is 7. The first kappa shape index (κ1) is 27.0. The second-order valence-corrected chi connectivity index (χ2v) is 9.39. The highest BCUT2D eigenvalue weighted by Gasteiger charge is 2.43. The number of carbonyl (C=O) groups is 3. The lowest BCUT2D eigenvalue weighted by Gasteiger charge is -2.38. The van der Waals surface area contributed by atoms with E-state index in [0.717, 1.165) is 16.7 Å². The lowest BCUT2D eigenvalue weighted by Crippen LogP contribution is -2.53. The van der Waals surface area contributed by atoms with Crippen molar-refractivity contribution in [3.8, 4) is 0 Å². The molecule has 3 aromatic carbocycles. The molecule has 38 heavy (non-hydrogen) atoms. The van der Waals surface area contributed by atoms with E-state index in [1.807, 2.05) is 20.8 Å². The highest BCUT2D eigenvalue weighted by molar-refractivity contribution is 5.91. The van der Waals surface area contributed by atoms with E-state index >= 15 is 0 Å². The van der Waals surface area contributed by atoms with Gasteiger partial charge in [-0.05, 0) is 57.2 Å². The van der Waals surface area contributed by atoms with E-state index in [2.05, 4.69) is 0 Å². The summed E-state index contributed by atoms with van der Waals surface area (Å²) >= 11 is 0.